The Labute approximate surface area is 178 Å². The van der Waals surface area contributed by atoms with Crippen LogP contribution in [0.5, 0.6) is 0 Å². The predicted molar refractivity (Wildman–Crippen MR) is 42.1 cm³/mol. The van der Waals surface area contributed by atoms with E-state index in [0.717, 1.165) is 0 Å². The second-order valence-electron chi connectivity index (χ2n) is 1.38. The molecule has 0 bridgehead atoms. The summed E-state index contributed by atoms with van der Waals surface area (Å²) in [6.45, 7) is 0. The van der Waals surface area contributed by atoms with Gasteiger partial charge in [0.25, 0.3) is 0 Å². The van der Waals surface area contributed by atoms with E-state index in [1.165, 1.54) is 0 Å². The first-order valence-electron chi connectivity index (χ1n) is 2.39. The van der Waals surface area contributed by atoms with Crippen LogP contribution in [0.2, 0.25) is 0 Å². The molecule has 1 atom stereocenters. The van der Waals surface area contributed by atoms with Crippen molar-refractivity contribution in [3.05, 3.63) is 0 Å². The summed E-state index contributed by atoms with van der Waals surface area (Å²) >= 11 is 3.65. The topological polar surface area (TPSA) is 127 Å². The van der Waals surface area contributed by atoms with Crippen LogP contribution in [0.15, 0.2) is 0 Å². The van der Waals surface area contributed by atoms with Gasteiger partial charge in [-0.05, 0) is 6.16 Å². The van der Waals surface area contributed by atoms with E-state index >= 15 is 0 Å². The maximum atomic E-state index is 9.76. The molecule has 0 heterocycles. The monoisotopic (exact) mass is 295 g/mol. The molecule has 0 radical (unpaired) electrons. The maximum Gasteiger partial charge on any atom is 1.00 e. The molecule has 0 aliphatic carbocycles. The van der Waals surface area contributed by atoms with Crippen LogP contribution >= 0.6 is 25.0 Å². The van der Waals surface area contributed by atoms with E-state index in [0.29, 0.717) is 0 Å². The molecule has 1 unspecified atom stereocenters. The Morgan fingerprint density at radius 2 is 1.57 bits per heavy atom. The number of hydrogen-bond donors (Lipinski definition) is 3. The molecule has 74 valence electrons. The number of carboxylic acid groups (broad SMARTS) is 3. The SMILES string of the molecule is Cl.NC(CS)C(=O)O.O=C([O-])[O-].[K+].[K+]. The van der Waals surface area contributed by atoms with Gasteiger partial charge in [0.1, 0.15) is 6.04 Å². The van der Waals surface area contributed by atoms with Crippen LogP contribution in [0.25, 0.3) is 0 Å². The van der Waals surface area contributed by atoms with Crippen molar-refractivity contribution in [2.75, 3.05) is 5.75 Å². The Morgan fingerprint density at radius 3 is 1.57 bits per heavy atom. The fraction of sp³-hybridized carbons (Fsp3) is 0.500. The normalized spacial score (nSPS) is 8.43. The van der Waals surface area contributed by atoms with Crippen molar-refractivity contribution in [3.63, 3.8) is 0 Å². The number of nitrogens with two attached hydrogens (primary N) is 1. The molecular formula is C4H8ClK2NO5S. The minimum absolute atomic E-state index is 0. The third kappa shape index (κ3) is 36.5. The van der Waals surface area contributed by atoms with Crippen molar-refractivity contribution in [2.45, 2.75) is 6.04 Å². The first kappa shape index (κ1) is 30.0. The zero-order valence-corrected chi connectivity index (χ0v) is 15.8. The average Bonchev–Trinajstić information content (AvgIpc) is 1.85. The molecule has 0 rings (SSSR count). The molecule has 10 heteroatoms. The van der Waals surface area contributed by atoms with Gasteiger partial charge in [-0.1, -0.05) is 0 Å². The van der Waals surface area contributed by atoms with Crippen molar-refractivity contribution in [2.24, 2.45) is 5.73 Å². The summed E-state index contributed by atoms with van der Waals surface area (Å²) in [5, 5.41) is 24.7. The molecule has 0 amide bonds. The van der Waals surface area contributed by atoms with Gasteiger partial charge >= 0.3 is 109 Å². The largest absolute Gasteiger partial charge is 1.00 e. The van der Waals surface area contributed by atoms with Crippen LogP contribution in [0.1, 0.15) is 0 Å². The van der Waals surface area contributed by atoms with Crippen molar-refractivity contribution < 1.29 is 128 Å². The number of hydrogen-bond acceptors (Lipinski definition) is 6. The van der Waals surface area contributed by atoms with Crippen molar-refractivity contribution in [3.8, 4) is 0 Å². The molecule has 0 aliphatic rings. The number of carbonyl (C=O) groups excluding carboxylic acids is 1. The smallest absolute Gasteiger partial charge is 0.652 e. The van der Waals surface area contributed by atoms with E-state index in [9.17, 15) is 4.79 Å². The number of thiol groups is 1. The second-order valence-corrected chi connectivity index (χ2v) is 1.74. The Balaban J connectivity index is -0.0000000347. The minimum Gasteiger partial charge on any atom is -0.652 e. The van der Waals surface area contributed by atoms with Gasteiger partial charge < -0.3 is 25.8 Å². The zero-order chi connectivity index (χ0) is 9.44. The van der Waals surface area contributed by atoms with Crippen LogP contribution in [-0.2, 0) is 4.79 Å². The average molecular weight is 296 g/mol. The van der Waals surface area contributed by atoms with Crippen LogP contribution in [0.3, 0.4) is 0 Å². The molecule has 6 nitrogen and oxygen atoms in total. The third-order valence-corrected chi connectivity index (χ3v) is 0.907. The summed E-state index contributed by atoms with van der Waals surface area (Å²) < 4.78 is 0. The fourth-order valence-electron chi connectivity index (χ4n) is 0.0781. The molecule has 0 aliphatic heterocycles. The Morgan fingerprint density at radius 1 is 1.36 bits per heavy atom. The van der Waals surface area contributed by atoms with E-state index in [1.807, 2.05) is 0 Å². The van der Waals surface area contributed by atoms with E-state index in [4.69, 9.17) is 25.8 Å². The summed E-state index contributed by atoms with van der Waals surface area (Å²) in [5.41, 5.74) is 4.94. The van der Waals surface area contributed by atoms with Gasteiger partial charge in [-0.3, -0.25) is 4.79 Å². The van der Waals surface area contributed by atoms with Crippen molar-refractivity contribution in [1.82, 2.24) is 0 Å². The molecule has 0 spiro atoms. The standard InChI is InChI=1S/C3H7NO2S.CH2O3.ClH.2K/c4-2(1-7)3(5)6;2-1(3)4;;;/h2,7H,1,4H2,(H,5,6);(H2,2,3,4);1H;;/q;;;2*+1/p-2. The number of carbonyl (C=O) groups is 2. The van der Waals surface area contributed by atoms with Crippen LogP contribution in [-0.4, -0.2) is 29.0 Å². The Bertz CT molecular complexity index is 148. The molecule has 0 fully saturated rings. The molecule has 14 heavy (non-hydrogen) atoms. The Hall–Kier alpha value is 2.61. The number of halogens is 1. The molecular weight excluding hydrogens is 288 g/mol. The first-order chi connectivity index (χ1) is 4.91. The van der Waals surface area contributed by atoms with E-state index in [-0.39, 0.29) is 121 Å². The summed E-state index contributed by atoms with van der Waals surface area (Å²) in [4.78, 5) is 18.1. The van der Waals surface area contributed by atoms with Gasteiger partial charge in [0, 0.05) is 5.75 Å². The zero-order valence-electron chi connectivity index (χ0n) is 7.80. The maximum absolute atomic E-state index is 9.76. The molecule has 3 N–H and O–H groups in total. The number of carboxylic acids is 1. The fourth-order valence-corrected chi connectivity index (χ4v) is 0.234. The van der Waals surface area contributed by atoms with Gasteiger partial charge in [-0.2, -0.15) is 12.6 Å². The third-order valence-electron chi connectivity index (χ3n) is 0.514. The molecule has 0 aromatic carbocycles. The summed E-state index contributed by atoms with van der Waals surface area (Å²) in [7, 11) is 0. The van der Waals surface area contributed by atoms with Crippen LogP contribution in [0.4, 0.5) is 4.79 Å². The summed E-state index contributed by atoms with van der Waals surface area (Å²) in [5.74, 6) is -0.815. The Kier molecular flexibility index (Phi) is 44.9. The van der Waals surface area contributed by atoms with Gasteiger partial charge in [-0.25, -0.2) is 0 Å². The van der Waals surface area contributed by atoms with E-state index < -0.39 is 18.2 Å². The van der Waals surface area contributed by atoms with Gasteiger partial charge in [-0.15, -0.1) is 12.4 Å². The molecule has 0 saturated carbocycles. The quantitative estimate of drug-likeness (QED) is 0.343. The van der Waals surface area contributed by atoms with E-state index in [2.05, 4.69) is 12.6 Å². The van der Waals surface area contributed by atoms with Gasteiger partial charge in [0.2, 0.25) is 0 Å². The summed E-state index contributed by atoms with van der Waals surface area (Å²) in [6.07, 6.45) is -2.33. The van der Waals surface area contributed by atoms with Crippen LogP contribution in [0, 0.1) is 0 Å². The number of aliphatic carboxylic acids is 1. The van der Waals surface area contributed by atoms with Crippen molar-refractivity contribution >= 4 is 37.2 Å². The molecule has 0 aromatic heterocycles. The predicted octanol–water partition coefficient (Wildman–Crippen LogP) is -8.69. The minimum atomic E-state index is -2.33. The first-order valence-corrected chi connectivity index (χ1v) is 3.02. The molecule has 0 saturated heterocycles. The molecule has 0 aromatic rings. The van der Waals surface area contributed by atoms with Crippen molar-refractivity contribution in [1.29, 1.82) is 0 Å². The van der Waals surface area contributed by atoms with Crippen LogP contribution < -0.4 is 119 Å². The second kappa shape index (κ2) is 21.0. The number of rotatable bonds is 2. The van der Waals surface area contributed by atoms with Gasteiger partial charge in [0.15, 0.2) is 0 Å². The van der Waals surface area contributed by atoms with Gasteiger partial charge in [0.05, 0.1) is 0 Å². The van der Waals surface area contributed by atoms with E-state index in [1.54, 1.807) is 0 Å². The summed E-state index contributed by atoms with van der Waals surface area (Å²) in [6, 6.07) is -0.816.